The number of phenols is 1. The summed E-state index contributed by atoms with van der Waals surface area (Å²) >= 11 is 0. The molecule has 13 heavy (non-hydrogen) atoms. The molecule has 1 aromatic carbocycles. The molecule has 0 spiro atoms. The van der Waals surface area contributed by atoms with Crippen LogP contribution in [0.5, 0.6) is 5.75 Å². The fraction of sp³-hybridized carbons (Fsp3) is 0.333. The molecule has 0 aliphatic heterocycles. The topological polar surface area (TPSA) is 58.7 Å². The summed E-state index contributed by atoms with van der Waals surface area (Å²) in [6.07, 6.45) is 0. The quantitative estimate of drug-likeness (QED) is 0.680. The normalized spacial score (nSPS) is 10.1. The number of phenolic OH excluding ortho intramolecular Hbond substituents is 1. The van der Waals surface area contributed by atoms with Gasteiger partial charge in [0.15, 0.2) is 0 Å². The van der Waals surface area contributed by atoms with E-state index in [4.69, 9.17) is 5.90 Å². The van der Waals surface area contributed by atoms with E-state index in [-0.39, 0.29) is 12.4 Å². The van der Waals surface area contributed by atoms with Crippen molar-refractivity contribution in [3.63, 3.8) is 0 Å². The average Bonchev–Trinajstić information content (AvgIpc) is 2.08. The van der Waals surface area contributed by atoms with Gasteiger partial charge in [0.1, 0.15) is 5.75 Å². The Kier molecular flexibility index (Phi) is 3.11. The molecule has 0 saturated carbocycles. The van der Waals surface area contributed by atoms with Crippen LogP contribution in [-0.2, 0) is 11.4 Å². The molecule has 0 unspecified atom stereocenters. The van der Waals surface area contributed by atoms with Crippen LogP contribution in [0.4, 0.5) is 5.69 Å². The number of benzene rings is 1. The highest BCUT2D eigenvalue weighted by molar-refractivity contribution is 5.51. The van der Waals surface area contributed by atoms with Crippen molar-refractivity contribution < 1.29 is 9.94 Å². The van der Waals surface area contributed by atoms with Crippen molar-refractivity contribution in [2.24, 2.45) is 5.90 Å². The summed E-state index contributed by atoms with van der Waals surface area (Å²) in [6, 6.07) is 5.29. The molecular formula is C9H14N2O2. The maximum atomic E-state index is 9.39. The van der Waals surface area contributed by atoms with Crippen molar-refractivity contribution in [1.29, 1.82) is 0 Å². The highest BCUT2D eigenvalue weighted by atomic mass is 16.6. The molecule has 0 saturated heterocycles. The Balaban J connectivity index is 2.97. The molecule has 0 atom stereocenters. The molecule has 3 N–H and O–H groups in total. The van der Waals surface area contributed by atoms with Crippen LogP contribution in [0.15, 0.2) is 18.2 Å². The van der Waals surface area contributed by atoms with Gasteiger partial charge >= 0.3 is 0 Å². The molecule has 0 amide bonds. The fourth-order valence-corrected chi connectivity index (χ4v) is 1.06. The Labute approximate surface area is 77.5 Å². The lowest BCUT2D eigenvalue weighted by molar-refractivity contribution is 0.122. The first-order valence-electron chi connectivity index (χ1n) is 3.96. The van der Waals surface area contributed by atoms with Crippen LogP contribution in [0.25, 0.3) is 0 Å². The number of hydrogen-bond acceptors (Lipinski definition) is 4. The van der Waals surface area contributed by atoms with E-state index in [1.54, 1.807) is 6.07 Å². The standard InChI is InChI=1S/C9H14N2O2/c1-11(2)8-3-4-9(12)7(5-8)6-13-10/h3-5,12H,6,10H2,1-2H3. The second kappa shape index (κ2) is 4.11. The zero-order valence-electron chi connectivity index (χ0n) is 7.82. The van der Waals surface area contributed by atoms with E-state index in [0.717, 1.165) is 5.69 Å². The highest BCUT2D eigenvalue weighted by Crippen LogP contribution is 2.23. The lowest BCUT2D eigenvalue weighted by Crippen LogP contribution is -2.09. The van der Waals surface area contributed by atoms with E-state index in [9.17, 15) is 5.11 Å². The molecule has 4 heteroatoms. The first kappa shape index (κ1) is 9.83. The van der Waals surface area contributed by atoms with Crippen molar-refractivity contribution >= 4 is 5.69 Å². The molecule has 0 aliphatic rings. The van der Waals surface area contributed by atoms with Gasteiger partial charge in [-0.25, -0.2) is 5.90 Å². The van der Waals surface area contributed by atoms with Gasteiger partial charge in [0.25, 0.3) is 0 Å². The Morgan fingerprint density at radius 2 is 2.15 bits per heavy atom. The van der Waals surface area contributed by atoms with Gasteiger partial charge < -0.3 is 10.0 Å². The van der Waals surface area contributed by atoms with Crippen molar-refractivity contribution in [2.75, 3.05) is 19.0 Å². The van der Waals surface area contributed by atoms with Gasteiger partial charge in [-0.15, -0.1) is 0 Å². The lowest BCUT2D eigenvalue weighted by atomic mass is 10.2. The van der Waals surface area contributed by atoms with Crippen molar-refractivity contribution in [1.82, 2.24) is 0 Å². The molecule has 72 valence electrons. The van der Waals surface area contributed by atoms with Gasteiger partial charge in [0, 0.05) is 25.3 Å². The number of nitrogens with two attached hydrogens (primary N) is 1. The predicted octanol–water partition coefficient (Wildman–Crippen LogP) is 0.849. The number of hydrogen-bond donors (Lipinski definition) is 2. The molecule has 1 rings (SSSR count). The molecule has 1 aromatic rings. The third kappa shape index (κ3) is 2.34. The number of anilines is 1. The van der Waals surface area contributed by atoms with Crippen LogP contribution in [0.2, 0.25) is 0 Å². The minimum atomic E-state index is 0.205. The predicted molar refractivity (Wildman–Crippen MR) is 51.4 cm³/mol. The second-order valence-corrected chi connectivity index (χ2v) is 3.02. The summed E-state index contributed by atoms with van der Waals surface area (Å²) in [5.41, 5.74) is 1.69. The van der Waals surface area contributed by atoms with E-state index >= 15 is 0 Å². The molecular weight excluding hydrogens is 168 g/mol. The van der Waals surface area contributed by atoms with E-state index in [0.29, 0.717) is 5.56 Å². The Hall–Kier alpha value is -1.26. The van der Waals surface area contributed by atoms with Crippen LogP contribution in [0.3, 0.4) is 0 Å². The number of aromatic hydroxyl groups is 1. The molecule has 0 aliphatic carbocycles. The minimum Gasteiger partial charge on any atom is -0.508 e. The van der Waals surface area contributed by atoms with Gasteiger partial charge in [0.05, 0.1) is 6.61 Å². The molecule has 0 aromatic heterocycles. The van der Waals surface area contributed by atoms with E-state index in [2.05, 4.69) is 4.84 Å². The highest BCUT2D eigenvalue weighted by Gasteiger charge is 2.03. The Bertz CT molecular complexity index is 287. The maximum absolute atomic E-state index is 9.39. The second-order valence-electron chi connectivity index (χ2n) is 3.02. The third-order valence-electron chi connectivity index (χ3n) is 1.82. The smallest absolute Gasteiger partial charge is 0.121 e. The van der Waals surface area contributed by atoms with Gasteiger partial charge in [-0.1, -0.05) is 0 Å². The zero-order chi connectivity index (χ0) is 9.84. The van der Waals surface area contributed by atoms with Crippen LogP contribution in [0.1, 0.15) is 5.56 Å². The monoisotopic (exact) mass is 182 g/mol. The zero-order valence-corrected chi connectivity index (χ0v) is 7.82. The fourth-order valence-electron chi connectivity index (χ4n) is 1.06. The summed E-state index contributed by atoms with van der Waals surface area (Å²) in [5.74, 6) is 5.14. The van der Waals surface area contributed by atoms with Gasteiger partial charge in [-0.2, -0.15) is 0 Å². The molecule has 0 radical (unpaired) electrons. The van der Waals surface area contributed by atoms with Gasteiger partial charge in [-0.3, -0.25) is 4.84 Å². The van der Waals surface area contributed by atoms with Crippen LogP contribution in [-0.4, -0.2) is 19.2 Å². The Morgan fingerprint density at radius 1 is 1.46 bits per heavy atom. The third-order valence-corrected chi connectivity index (χ3v) is 1.82. The molecule has 0 bridgehead atoms. The minimum absolute atomic E-state index is 0.205. The van der Waals surface area contributed by atoms with Crippen LogP contribution < -0.4 is 10.8 Å². The number of nitrogens with zero attached hydrogens (tertiary/aromatic N) is 1. The van der Waals surface area contributed by atoms with Crippen LogP contribution in [0, 0.1) is 0 Å². The van der Waals surface area contributed by atoms with Crippen molar-refractivity contribution in [3.05, 3.63) is 23.8 Å². The van der Waals surface area contributed by atoms with Crippen molar-refractivity contribution in [2.45, 2.75) is 6.61 Å². The Morgan fingerprint density at radius 3 is 2.69 bits per heavy atom. The largest absolute Gasteiger partial charge is 0.508 e. The summed E-state index contributed by atoms with van der Waals surface area (Å²) < 4.78 is 0. The number of rotatable bonds is 3. The first-order chi connectivity index (χ1) is 6.15. The van der Waals surface area contributed by atoms with E-state index in [1.165, 1.54) is 0 Å². The van der Waals surface area contributed by atoms with Crippen LogP contribution >= 0.6 is 0 Å². The summed E-state index contributed by atoms with van der Waals surface area (Å²) in [4.78, 5) is 6.41. The van der Waals surface area contributed by atoms with E-state index < -0.39 is 0 Å². The first-order valence-corrected chi connectivity index (χ1v) is 3.96. The SMILES string of the molecule is CN(C)c1ccc(O)c(CON)c1. The summed E-state index contributed by atoms with van der Waals surface area (Å²) in [7, 11) is 3.86. The van der Waals surface area contributed by atoms with Crippen molar-refractivity contribution in [3.8, 4) is 5.75 Å². The molecule has 0 heterocycles. The van der Waals surface area contributed by atoms with Gasteiger partial charge in [0.2, 0.25) is 0 Å². The average molecular weight is 182 g/mol. The maximum Gasteiger partial charge on any atom is 0.121 e. The molecule has 4 nitrogen and oxygen atoms in total. The molecule has 0 fully saturated rings. The van der Waals surface area contributed by atoms with E-state index in [1.807, 2.05) is 31.1 Å². The summed E-state index contributed by atoms with van der Waals surface area (Å²) in [6.45, 7) is 0.216. The summed E-state index contributed by atoms with van der Waals surface area (Å²) in [5, 5.41) is 9.39. The van der Waals surface area contributed by atoms with Gasteiger partial charge in [-0.05, 0) is 18.2 Å². The lowest BCUT2D eigenvalue weighted by Gasteiger charge is -2.14.